The summed E-state index contributed by atoms with van der Waals surface area (Å²) in [6, 6.07) is 62.4. The Hall–Kier alpha value is -6.20. The van der Waals surface area contributed by atoms with E-state index in [9.17, 15) is 0 Å². The molecule has 254 valence electrons. The van der Waals surface area contributed by atoms with Crippen LogP contribution in [0.2, 0.25) is 0 Å². The topological polar surface area (TPSA) is 16.4 Å². The van der Waals surface area contributed by atoms with Gasteiger partial charge in [0.2, 0.25) is 0 Å². The summed E-state index contributed by atoms with van der Waals surface area (Å²) in [7, 11) is 0. The zero-order valence-corrected chi connectivity index (χ0v) is 31.0. The lowest BCUT2D eigenvalue weighted by Gasteiger charge is -2.28. The molecule has 0 aliphatic heterocycles. The van der Waals surface area contributed by atoms with Crippen molar-refractivity contribution < 1.29 is 4.42 Å². The fraction of sp³-hybridized carbons (Fsp3) is 0.0400. The zero-order valence-electron chi connectivity index (χ0n) is 29.3. The maximum absolute atomic E-state index is 7.06. The number of anilines is 3. The summed E-state index contributed by atoms with van der Waals surface area (Å²) in [6.45, 7) is 2.37. The molecule has 0 spiro atoms. The van der Waals surface area contributed by atoms with Gasteiger partial charge in [0.1, 0.15) is 11.2 Å². The van der Waals surface area contributed by atoms with E-state index >= 15 is 0 Å². The molecule has 0 bridgehead atoms. The molecule has 1 aliphatic rings. The molecule has 54 heavy (non-hydrogen) atoms. The predicted molar refractivity (Wildman–Crippen MR) is 232 cm³/mol. The number of fused-ring (bicyclic) bond motifs is 12. The number of hydrogen-bond acceptors (Lipinski definition) is 4. The summed E-state index contributed by atoms with van der Waals surface area (Å²) in [4.78, 5) is 2.45. The molecule has 11 aromatic rings. The highest BCUT2D eigenvalue weighted by Gasteiger charge is 2.42. The van der Waals surface area contributed by atoms with Gasteiger partial charge in [0.15, 0.2) is 0 Å². The molecule has 3 aromatic heterocycles. The Morgan fingerprint density at radius 1 is 0.444 bits per heavy atom. The van der Waals surface area contributed by atoms with Crippen LogP contribution in [0, 0.1) is 0 Å². The first-order valence-corrected chi connectivity index (χ1v) is 20.1. The highest BCUT2D eigenvalue weighted by atomic mass is 32.1. The van der Waals surface area contributed by atoms with Crippen molar-refractivity contribution in [2.45, 2.75) is 12.3 Å². The molecular formula is C50H31NOS2. The fourth-order valence-electron chi connectivity index (χ4n) is 9.29. The van der Waals surface area contributed by atoms with Gasteiger partial charge in [-0.1, -0.05) is 115 Å². The molecule has 12 rings (SSSR count). The lowest BCUT2D eigenvalue weighted by molar-refractivity contribution is 0.638. The Kier molecular flexibility index (Phi) is 6.26. The van der Waals surface area contributed by atoms with E-state index in [4.69, 9.17) is 4.42 Å². The average molecular weight is 726 g/mol. The van der Waals surface area contributed by atoms with Crippen LogP contribution < -0.4 is 4.90 Å². The average Bonchev–Trinajstić information content (AvgIpc) is 3.97. The van der Waals surface area contributed by atoms with Crippen molar-refractivity contribution in [2.24, 2.45) is 0 Å². The molecule has 0 unspecified atom stereocenters. The van der Waals surface area contributed by atoms with Crippen molar-refractivity contribution in [1.29, 1.82) is 0 Å². The maximum Gasteiger partial charge on any atom is 0.139 e. The standard InChI is InChI=1S/C50H31NOS2/c1-50(39-17-6-2-12-32(39)33-13-3-7-18-40(33)50)41-19-10-16-37-48-42(20-11-21-43(48)52-49(37)41)51(30-25-27-46-38(28-30)35-15-5-9-23-45(35)53-46)31-24-26-36-34-14-4-8-22-44(34)54-47(36)29-31/h2-29H,1H3. The summed E-state index contributed by atoms with van der Waals surface area (Å²) < 4.78 is 12.2. The van der Waals surface area contributed by atoms with E-state index in [1.807, 2.05) is 22.7 Å². The number of furan rings is 1. The van der Waals surface area contributed by atoms with Crippen LogP contribution in [0.1, 0.15) is 23.6 Å². The van der Waals surface area contributed by atoms with Crippen LogP contribution in [-0.4, -0.2) is 0 Å². The first-order valence-electron chi connectivity index (χ1n) is 18.4. The van der Waals surface area contributed by atoms with Crippen LogP contribution in [0.4, 0.5) is 17.1 Å². The molecule has 0 N–H and O–H groups in total. The Morgan fingerprint density at radius 3 is 1.78 bits per heavy atom. The summed E-state index contributed by atoms with van der Waals surface area (Å²) in [5.74, 6) is 0. The van der Waals surface area contributed by atoms with Gasteiger partial charge in [-0.2, -0.15) is 0 Å². The van der Waals surface area contributed by atoms with Gasteiger partial charge in [0.05, 0.1) is 11.1 Å². The van der Waals surface area contributed by atoms with E-state index in [1.54, 1.807) is 0 Å². The van der Waals surface area contributed by atoms with E-state index < -0.39 is 0 Å². The molecular weight excluding hydrogens is 695 g/mol. The van der Waals surface area contributed by atoms with Crippen molar-refractivity contribution in [1.82, 2.24) is 0 Å². The SMILES string of the molecule is CC1(c2cccc3c2oc2cccc(N(c4ccc5c(c4)sc4ccccc45)c4ccc5sc6ccccc6c5c4)c23)c2ccccc2-c2ccccc21. The number of nitrogens with zero attached hydrogens (tertiary/aromatic N) is 1. The third-order valence-electron chi connectivity index (χ3n) is 11.7. The molecule has 0 atom stereocenters. The molecule has 4 heteroatoms. The van der Waals surface area contributed by atoms with Crippen LogP contribution in [-0.2, 0) is 5.41 Å². The van der Waals surface area contributed by atoms with Gasteiger partial charge in [-0.25, -0.2) is 0 Å². The number of thiophene rings is 2. The number of hydrogen-bond donors (Lipinski definition) is 0. The number of para-hydroxylation sites is 1. The minimum atomic E-state index is -0.377. The quantitative estimate of drug-likeness (QED) is 0.180. The van der Waals surface area contributed by atoms with Gasteiger partial charge in [0, 0.05) is 68.1 Å². The summed E-state index contributed by atoms with van der Waals surface area (Å²) in [5, 5.41) is 7.40. The van der Waals surface area contributed by atoms with Crippen molar-refractivity contribution >= 4 is 102 Å². The fourth-order valence-corrected chi connectivity index (χ4v) is 11.5. The van der Waals surface area contributed by atoms with E-state index in [-0.39, 0.29) is 5.41 Å². The zero-order chi connectivity index (χ0) is 35.5. The molecule has 0 saturated carbocycles. The first-order chi connectivity index (χ1) is 26.6. The smallest absolute Gasteiger partial charge is 0.139 e. The second-order valence-corrected chi connectivity index (χ2v) is 16.7. The normalized spacial score (nSPS) is 13.4. The first kappa shape index (κ1) is 30.3. The highest BCUT2D eigenvalue weighted by Crippen LogP contribution is 2.55. The van der Waals surface area contributed by atoms with Crippen LogP contribution in [0.3, 0.4) is 0 Å². The van der Waals surface area contributed by atoms with Gasteiger partial charge in [-0.05, 0) is 83.8 Å². The largest absolute Gasteiger partial charge is 0.456 e. The summed E-state index contributed by atoms with van der Waals surface area (Å²) >= 11 is 3.71. The van der Waals surface area contributed by atoms with Crippen molar-refractivity contribution in [3.05, 3.63) is 187 Å². The van der Waals surface area contributed by atoms with Crippen LogP contribution in [0.15, 0.2) is 174 Å². The van der Waals surface area contributed by atoms with Gasteiger partial charge < -0.3 is 9.32 Å². The molecule has 0 saturated heterocycles. The van der Waals surface area contributed by atoms with Crippen LogP contribution in [0.25, 0.3) is 73.4 Å². The van der Waals surface area contributed by atoms with Crippen LogP contribution >= 0.6 is 22.7 Å². The molecule has 2 nitrogen and oxygen atoms in total. The Bertz CT molecular complexity index is 3280. The minimum absolute atomic E-state index is 0.377. The van der Waals surface area contributed by atoms with Gasteiger partial charge in [-0.3, -0.25) is 0 Å². The van der Waals surface area contributed by atoms with E-state index in [2.05, 4.69) is 182 Å². The molecule has 8 aromatic carbocycles. The van der Waals surface area contributed by atoms with E-state index in [0.717, 1.165) is 39.0 Å². The molecule has 0 amide bonds. The summed E-state index contributed by atoms with van der Waals surface area (Å²) in [5.41, 5.74) is 11.2. The van der Waals surface area contributed by atoms with Gasteiger partial charge in [-0.15, -0.1) is 22.7 Å². The minimum Gasteiger partial charge on any atom is -0.456 e. The Balaban J connectivity index is 1.13. The third kappa shape index (κ3) is 4.10. The number of rotatable bonds is 4. The van der Waals surface area contributed by atoms with E-state index in [1.165, 1.54) is 68.2 Å². The van der Waals surface area contributed by atoms with Crippen LogP contribution in [0.5, 0.6) is 0 Å². The van der Waals surface area contributed by atoms with Crippen molar-refractivity contribution in [3.8, 4) is 11.1 Å². The molecule has 1 aliphatic carbocycles. The number of benzene rings is 8. The monoisotopic (exact) mass is 725 g/mol. The van der Waals surface area contributed by atoms with Crippen molar-refractivity contribution in [3.63, 3.8) is 0 Å². The molecule has 0 fully saturated rings. The second kappa shape index (κ2) is 11.2. The highest BCUT2D eigenvalue weighted by molar-refractivity contribution is 7.26. The lowest BCUT2D eigenvalue weighted by atomic mass is 9.74. The third-order valence-corrected chi connectivity index (χ3v) is 14.0. The molecule has 0 radical (unpaired) electrons. The van der Waals surface area contributed by atoms with Gasteiger partial charge >= 0.3 is 0 Å². The summed E-state index contributed by atoms with van der Waals surface area (Å²) in [6.07, 6.45) is 0. The lowest BCUT2D eigenvalue weighted by Crippen LogP contribution is -2.22. The maximum atomic E-state index is 7.06. The Labute approximate surface area is 319 Å². The predicted octanol–water partition coefficient (Wildman–Crippen LogP) is 15.1. The van der Waals surface area contributed by atoms with E-state index in [0.29, 0.717) is 0 Å². The van der Waals surface area contributed by atoms with Crippen molar-refractivity contribution in [2.75, 3.05) is 4.90 Å². The second-order valence-electron chi connectivity index (χ2n) is 14.5. The Morgan fingerprint density at radius 2 is 1.00 bits per heavy atom. The van der Waals surface area contributed by atoms with Gasteiger partial charge in [0.25, 0.3) is 0 Å². The molecule has 3 heterocycles.